The van der Waals surface area contributed by atoms with Crippen LogP contribution >= 0.6 is 27.5 Å². The molecule has 0 amide bonds. The van der Waals surface area contributed by atoms with E-state index in [0.29, 0.717) is 6.04 Å². The number of aromatic nitrogens is 1. The average molecular weight is 318 g/mol. The van der Waals surface area contributed by atoms with Crippen molar-refractivity contribution in [3.05, 3.63) is 21.8 Å². The number of pyridine rings is 1. The van der Waals surface area contributed by atoms with Gasteiger partial charge in [0.2, 0.25) is 0 Å². The van der Waals surface area contributed by atoms with E-state index in [1.807, 2.05) is 12.3 Å². The van der Waals surface area contributed by atoms with E-state index in [1.165, 1.54) is 32.1 Å². The fourth-order valence-corrected chi connectivity index (χ4v) is 3.33. The Morgan fingerprint density at radius 2 is 2.12 bits per heavy atom. The van der Waals surface area contributed by atoms with Gasteiger partial charge in [-0.25, -0.2) is 4.98 Å². The minimum atomic E-state index is 0.611. The van der Waals surface area contributed by atoms with Crippen LogP contribution in [0, 0.1) is 0 Å². The normalized spacial score (nSPS) is 17.1. The number of halogens is 2. The van der Waals surface area contributed by atoms with Crippen LogP contribution in [-0.2, 0) is 0 Å². The number of anilines is 1. The van der Waals surface area contributed by atoms with Crippen LogP contribution in [0.2, 0.25) is 5.02 Å². The summed E-state index contributed by atoms with van der Waals surface area (Å²) in [6.45, 7) is 3.15. The minimum absolute atomic E-state index is 0.611. The van der Waals surface area contributed by atoms with Crippen molar-refractivity contribution in [2.75, 3.05) is 11.4 Å². The lowest BCUT2D eigenvalue weighted by Gasteiger charge is -2.34. The maximum atomic E-state index is 6.29. The van der Waals surface area contributed by atoms with Crippen LogP contribution in [0.4, 0.5) is 5.82 Å². The fourth-order valence-electron chi connectivity index (χ4n) is 2.59. The zero-order valence-corrected chi connectivity index (χ0v) is 12.5. The Labute approximate surface area is 116 Å². The zero-order chi connectivity index (χ0) is 12.3. The predicted octanol–water partition coefficient (Wildman–Crippen LogP) is 4.66. The van der Waals surface area contributed by atoms with Gasteiger partial charge in [-0.05, 0) is 41.8 Å². The first-order valence-electron chi connectivity index (χ1n) is 6.30. The predicted molar refractivity (Wildman–Crippen MR) is 76.8 cm³/mol. The number of hydrogen-bond donors (Lipinski definition) is 0. The van der Waals surface area contributed by atoms with E-state index in [-0.39, 0.29) is 0 Å². The van der Waals surface area contributed by atoms with Crippen molar-refractivity contribution >= 4 is 33.3 Å². The van der Waals surface area contributed by atoms with Gasteiger partial charge < -0.3 is 4.90 Å². The standard InChI is InChI=1S/C13H18BrClN2/c1-2-17(11-6-4-3-5-7-11)13-12(15)8-10(14)9-16-13/h8-9,11H,2-7H2,1H3. The van der Waals surface area contributed by atoms with Crippen molar-refractivity contribution in [2.24, 2.45) is 0 Å². The molecular weight excluding hydrogens is 300 g/mol. The maximum Gasteiger partial charge on any atom is 0.147 e. The molecule has 1 aromatic heterocycles. The van der Waals surface area contributed by atoms with Crippen molar-refractivity contribution in [3.63, 3.8) is 0 Å². The molecule has 1 fully saturated rings. The Bertz CT molecular complexity index is 378. The molecule has 0 unspecified atom stereocenters. The van der Waals surface area contributed by atoms with Gasteiger partial charge in [-0.3, -0.25) is 0 Å². The van der Waals surface area contributed by atoms with E-state index in [4.69, 9.17) is 11.6 Å². The molecule has 0 spiro atoms. The third-order valence-electron chi connectivity index (χ3n) is 3.42. The van der Waals surface area contributed by atoms with E-state index >= 15 is 0 Å². The second-order valence-electron chi connectivity index (χ2n) is 4.54. The highest BCUT2D eigenvalue weighted by Crippen LogP contribution is 2.31. The highest BCUT2D eigenvalue weighted by molar-refractivity contribution is 9.10. The van der Waals surface area contributed by atoms with Gasteiger partial charge in [0.1, 0.15) is 5.82 Å². The zero-order valence-electron chi connectivity index (χ0n) is 10.1. The van der Waals surface area contributed by atoms with Gasteiger partial charge >= 0.3 is 0 Å². The summed E-state index contributed by atoms with van der Waals surface area (Å²) in [6, 6.07) is 2.54. The van der Waals surface area contributed by atoms with Crippen molar-refractivity contribution in [2.45, 2.75) is 45.1 Å². The Morgan fingerprint density at radius 3 is 2.71 bits per heavy atom. The Hall–Kier alpha value is -0.280. The molecule has 2 rings (SSSR count). The highest BCUT2D eigenvalue weighted by atomic mass is 79.9. The lowest BCUT2D eigenvalue weighted by molar-refractivity contribution is 0.416. The van der Waals surface area contributed by atoms with E-state index in [1.54, 1.807) is 0 Å². The molecule has 4 heteroatoms. The van der Waals surface area contributed by atoms with Crippen LogP contribution in [0.25, 0.3) is 0 Å². The summed E-state index contributed by atoms with van der Waals surface area (Å²) in [4.78, 5) is 6.83. The molecule has 0 radical (unpaired) electrons. The SMILES string of the molecule is CCN(c1ncc(Br)cc1Cl)C1CCCCC1. The smallest absolute Gasteiger partial charge is 0.147 e. The Morgan fingerprint density at radius 1 is 1.41 bits per heavy atom. The molecule has 0 aliphatic heterocycles. The molecule has 2 nitrogen and oxygen atoms in total. The van der Waals surface area contributed by atoms with Crippen molar-refractivity contribution < 1.29 is 0 Å². The lowest BCUT2D eigenvalue weighted by Crippen LogP contribution is -2.37. The summed E-state index contributed by atoms with van der Waals surface area (Å²) in [5.74, 6) is 0.935. The Balaban J connectivity index is 2.21. The highest BCUT2D eigenvalue weighted by Gasteiger charge is 2.22. The van der Waals surface area contributed by atoms with Crippen molar-refractivity contribution in [3.8, 4) is 0 Å². The molecule has 1 aromatic rings. The molecule has 0 aromatic carbocycles. The maximum absolute atomic E-state index is 6.29. The summed E-state index contributed by atoms with van der Waals surface area (Å²) in [5.41, 5.74) is 0. The van der Waals surface area contributed by atoms with Gasteiger partial charge in [0.25, 0.3) is 0 Å². The molecule has 1 aliphatic rings. The second kappa shape index (κ2) is 6.05. The van der Waals surface area contributed by atoms with Crippen LogP contribution < -0.4 is 4.90 Å². The third-order valence-corrected chi connectivity index (χ3v) is 4.13. The number of hydrogen-bond acceptors (Lipinski definition) is 2. The molecule has 1 saturated carbocycles. The van der Waals surface area contributed by atoms with E-state index in [2.05, 4.69) is 32.7 Å². The first kappa shape index (κ1) is 13.2. The first-order valence-corrected chi connectivity index (χ1v) is 7.47. The molecule has 0 bridgehead atoms. The van der Waals surface area contributed by atoms with E-state index < -0.39 is 0 Å². The summed E-state index contributed by atoms with van der Waals surface area (Å²) in [7, 11) is 0. The molecule has 1 heterocycles. The lowest BCUT2D eigenvalue weighted by atomic mass is 9.94. The van der Waals surface area contributed by atoms with Gasteiger partial charge in [0.05, 0.1) is 5.02 Å². The second-order valence-corrected chi connectivity index (χ2v) is 5.86. The molecule has 1 aliphatic carbocycles. The summed E-state index contributed by atoms with van der Waals surface area (Å²) in [5, 5.41) is 0.742. The fraction of sp³-hybridized carbons (Fsp3) is 0.615. The summed E-state index contributed by atoms with van der Waals surface area (Å²) in [6.07, 6.45) is 8.39. The van der Waals surface area contributed by atoms with E-state index in [9.17, 15) is 0 Å². The van der Waals surface area contributed by atoms with Gasteiger partial charge in [-0.2, -0.15) is 0 Å². The quantitative estimate of drug-likeness (QED) is 0.806. The van der Waals surface area contributed by atoms with Crippen LogP contribution in [-0.4, -0.2) is 17.6 Å². The van der Waals surface area contributed by atoms with Gasteiger partial charge in [0, 0.05) is 23.3 Å². The third kappa shape index (κ3) is 3.14. The average Bonchev–Trinajstić information content (AvgIpc) is 2.34. The number of nitrogens with zero attached hydrogens (tertiary/aromatic N) is 2. The van der Waals surface area contributed by atoms with Crippen LogP contribution in [0.1, 0.15) is 39.0 Å². The van der Waals surface area contributed by atoms with Crippen LogP contribution in [0.15, 0.2) is 16.7 Å². The molecule has 0 saturated heterocycles. The summed E-state index contributed by atoms with van der Waals surface area (Å²) < 4.78 is 0.936. The molecule has 94 valence electrons. The Kier molecular flexibility index (Phi) is 4.69. The molecule has 17 heavy (non-hydrogen) atoms. The molecule has 0 N–H and O–H groups in total. The van der Waals surface area contributed by atoms with E-state index in [0.717, 1.165) is 21.9 Å². The van der Waals surface area contributed by atoms with Gasteiger partial charge in [-0.15, -0.1) is 0 Å². The molecular formula is C13H18BrClN2. The van der Waals surface area contributed by atoms with Crippen LogP contribution in [0.5, 0.6) is 0 Å². The topological polar surface area (TPSA) is 16.1 Å². The van der Waals surface area contributed by atoms with Crippen LogP contribution in [0.3, 0.4) is 0 Å². The number of rotatable bonds is 3. The monoisotopic (exact) mass is 316 g/mol. The summed E-state index contributed by atoms with van der Waals surface area (Å²) >= 11 is 9.69. The van der Waals surface area contributed by atoms with Crippen molar-refractivity contribution in [1.82, 2.24) is 4.98 Å². The van der Waals surface area contributed by atoms with Gasteiger partial charge in [0.15, 0.2) is 0 Å². The molecule has 0 atom stereocenters. The largest absolute Gasteiger partial charge is 0.353 e. The minimum Gasteiger partial charge on any atom is -0.353 e. The first-order chi connectivity index (χ1) is 8.22. The van der Waals surface area contributed by atoms with Gasteiger partial charge in [-0.1, -0.05) is 30.9 Å². The van der Waals surface area contributed by atoms with Crippen molar-refractivity contribution in [1.29, 1.82) is 0 Å².